The molecule has 1 aromatic carbocycles. The van der Waals surface area contributed by atoms with Gasteiger partial charge in [-0.2, -0.15) is 0 Å². The first kappa shape index (κ1) is 20.2. The van der Waals surface area contributed by atoms with Crippen molar-refractivity contribution in [3.8, 4) is 17.1 Å². The first-order chi connectivity index (χ1) is 14.3. The molecule has 0 bridgehead atoms. The Balaban J connectivity index is 1.72. The van der Waals surface area contributed by atoms with Crippen LogP contribution in [0.4, 0.5) is 10.6 Å². The van der Waals surface area contributed by atoms with Gasteiger partial charge >= 0.3 is 6.09 Å². The number of carbonyl (C=O) groups is 1. The second-order valence-electron chi connectivity index (χ2n) is 7.45. The SMILES string of the molecule is COc1cc(Cl)cc(C)c1-c1nc2nc(N(C)[C@@H]3CCN(C(=O)O)C3)cnc2n1C. The van der Waals surface area contributed by atoms with E-state index in [1.54, 1.807) is 19.4 Å². The highest BCUT2D eigenvalue weighted by atomic mass is 35.5. The van der Waals surface area contributed by atoms with Crippen molar-refractivity contribution in [2.45, 2.75) is 19.4 Å². The topological polar surface area (TPSA) is 96.6 Å². The fourth-order valence-electron chi connectivity index (χ4n) is 3.92. The van der Waals surface area contributed by atoms with Crippen LogP contribution in [-0.2, 0) is 7.05 Å². The fourth-order valence-corrected chi connectivity index (χ4v) is 4.19. The summed E-state index contributed by atoms with van der Waals surface area (Å²) in [6.07, 6.45) is 1.55. The van der Waals surface area contributed by atoms with E-state index in [-0.39, 0.29) is 6.04 Å². The molecular formula is C20H23ClN6O3. The summed E-state index contributed by atoms with van der Waals surface area (Å²) < 4.78 is 7.41. The van der Waals surface area contributed by atoms with Gasteiger partial charge in [0.15, 0.2) is 11.3 Å². The van der Waals surface area contributed by atoms with Crippen LogP contribution in [0.2, 0.25) is 5.02 Å². The molecule has 1 amide bonds. The highest BCUT2D eigenvalue weighted by Gasteiger charge is 2.30. The van der Waals surface area contributed by atoms with E-state index in [0.717, 1.165) is 17.5 Å². The predicted molar refractivity (Wildman–Crippen MR) is 114 cm³/mol. The fraction of sp³-hybridized carbons (Fsp3) is 0.400. The van der Waals surface area contributed by atoms with E-state index in [1.807, 2.05) is 36.6 Å². The third-order valence-corrected chi connectivity index (χ3v) is 5.84. The highest BCUT2D eigenvalue weighted by Crippen LogP contribution is 2.36. The maximum atomic E-state index is 11.2. The highest BCUT2D eigenvalue weighted by molar-refractivity contribution is 6.31. The third-order valence-electron chi connectivity index (χ3n) is 5.62. The molecule has 0 unspecified atom stereocenters. The van der Waals surface area contributed by atoms with E-state index >= 15 is 0 Å². The van der Waals surface area contributed by atoms with Gasteiger partial charge in [-0.25, -0.2) is 19.7 Å². The number of likely N-dealkylation sites (N-methyl/N-ethyl adjacent to an activating group) is 1. The second-order valence-corrected chi connectivity index (χ2v) is 7.89. The van der Waals surface area contributed by atoms with Crippen molar-refractivity contribution in [1.29, 1.82) is 0 Å². The van der Waals surface area contributed by atoms with Gasteiger partial charge in [0, 0.05) is 38.2 Å². The van der Waals surface area contributed by atoms with Crippen molar-refractivity contribution in [3.05, 3.63) is 28.9 Å². The monoisotopic (exact) mass is 430 g/mol. The lowest BCUT2D eigenvalue weighted by atomic mass is 10.1. The van der Waals surface area contributed by atoms with Crippen LogP contribution in [0.25, 0.3) is 22.7 Å². The number of likely N-dealkylation sites (tertiary alicyclic amines) is 1. The Hall–Kier alpha value is -3.07. The first-order valence-electron chi connectivity index (χ1n) is 9.54. The average molecular weight is 431 g/mol. The first-order valence-corrected chi connectivity index (χ1v) is 9.92. The smallest absolute Gasteiger partial charge is 0.407 e. The number of amides is 1. The number of hydrogen-bond donors (Lipinski definition) is 1. The summed E-state index contributed by atoms with van der Waals surface area (Å²) in [5.41, 5.74) is 2.94. The summed E-state index contributed by atoms with van der Waals surface area (Å²) in [6, 6.07) is 3.68. The maximum absolute atomic E-state index is 11.2. The van der Waals surface area contributed by atoms with Crippen molar-refractivity contribution < 1.29 is 14.6 Å². The van der Waals surface area contributed by atoms with E-state index in [1.165, 1.54) is 4.90 Å². The van der Waals surface area contributed by atoms with Crippen LogP contribution in [-0.4, -0.2) is 68.9 Å². The van der Waals surface area contributed by atoms with Crippen molar-refractivity contribution in [1.82, 2.24) is 24.4 Å². The van der Waals surface area contributed by atoms with Gasteiger partial charge in [0.25, 0.3) is 0 Å². The molecule has 10 heteroatoms. The Labute approximate surface area is 178 Å². The van der Waals surface area contributed by atoms with Gasteiger partial charge in [-0.1, -0.05) is 11.6 Å². The molecular weight excluding hydrogens is 408 g/mol. The Bertz CT molecular complexity index is 1130. The quantitative estimate of drug-likeness (QED) is 0.678. The Kier molecular flexibility index (Phi) is 5.15. The van der Waals surface area contributed by atoms with Crippen molar-refractivity contribution in [3.63, 3.8) is 0 Å². The molecule has 1 atom stereocenters. The second kappa shape index (κ2) is 7.64. The zero-order valence-corrected chi connectivity index (χ0v) is 18.0. The van der Waals surface area contributed by atoms with Crippen LogP contribution in [0.5, 0.6) is 5.75 Å². The summed E-state index contributed by atoms with van der Waals surface area (Å²) in [7, 11) is 5.39. The molecule has 1 aliphatic heterocycles. The minimum Gasteiger partial charge on any atom is -0.496 e. The molecule has 158 valence electrons. The molecule has 2 aromatic heterocycles. The molecule has 0 radical (unpaired) electrons. The number of benzene rings is 1. The number of aryl methyl sites for hydroxylation is 2. The molecule has 0 spiro atoms. The summed E-state index contributed by atoms with van der Waals surface area (Å²) >= 11 is 6.18. The molecule has 1 fully saturated rings. The van der Waals surface area contributed by atoms with Crippen molar-refractivity contribution >= 4 is 34.8 Å². The summed E-state index contributed by atoms with van der Waals surface area (Å²) in [4.78, 5) is 28.6. The van der Waals surface area contributed by atoms with Crippen LogP contribution in [0.15, 0.2) is 18.3 Å². The zero-order valence-electron chi connectivity index (χ0n) is 17.3. The van der Waals surface area contributed by atoms with E-state index in [4.69, 9.17) is 26.3 Å². The standard InChI is InChI=1S/C20H23ClN6O3/c1-11-7-12(21)8-14(30-4)16(11)18-24-17-19(26(18)3)22-9-15(23-17)25(2)13-5-6-27(10-13)20(28)29/h7-9,13H,5-6,10H2,1-4H3,(H,28,29)/t13-/m1/s1. The van der Waals surface area contributed by atoms with Gasteiger partial charge in [0.1, 0.15) is 17.4 Å². The van der Waals surface area contributed by atoms with E-state index in [2.05, 4.69) is 4.98 Å². The van der Waals surface area contributed by atoms with Crippen LogP contribution in [0.3, 0.4) is 0 Å². The molecule has 1 aliphatic rings. The summed E-state index contributed by atoms with van der Waals surface area (Å²) in [5.74, 6) is 1.98. The normalized spacial score (nSPS) is 16.3. The van der Waals surface area contributed by atoms with Crippen LogP contribution in [0, 0.1) is 6.92 Å². The minimum absolute atomic E-state index is 0.0506. The molecule has 3 aromatic rings. The largest absolute Gasteiger partial charge is 0.496 e. The predicted octanol–water partition coefficient (Wildman–Crippen LogP) is 3.19. The number of ether oxygens (including phenoxy) is 1. The number of aromatic nitrogens is 4. The van der Waals surface area contributed by atoms with Crippen molar-refractivity contribution in [2.24, 2.45) is 7.05 Å². The molecule has 0 aliphatic carbocycles. The molecule has 4 rings (SSSR count). The molecule has 1 saturated heterocycles. The number of nitrogens with zero attached hydrogens (tertiary/aromatic N) is 6. The van der Waals surface area contributed by atoms with E-state index in [9.17, 15) is 9.90 Å². The number of hydrogen-bond acceptors (Lipinski definition) is 6. The Morgan fingerprint density at radius 1 is 1.37 bits per heavy atom. The van der Waals surface area contributed by atoms with E-state index in [0.29, 0.717) is 46.8 Å². The molecule has 3 heterocycles. The number of imidazole rings is 1. The lowest BCUT2D eigenvalue weighted by molar-refractivity contribution is 0.155. The number of fused-ring (bicyclic) bond motifs is 1. The lowest BCUT2D eigenvalue weighted by Gasteiger charge is -2.24. The van der Waals surface area contributed by atoms with E-state index < -0.39 is 6.09 Å². The Morgan fingerprint density at radius 2 is 2.13 bits per heavy atom. The third kappa shape index (κ3) is 3.39. The number of carboxylic acid groups (broad SMARTS) is 1. The van der Waals surface area contributed by atoms with Crippen molar-refractivity contribution in [2.75, 3.05) is 32.1 Å². The van der Waals surface area contributed by atoms with Crippen LogP contribution >= 0.6 is 11.6 Å². The number of methoxy groups -OCH3 is 1. The summed E-state index contributed by atoms with van der Waals surface area (Å²) in [5, 5.41) is 9.79. The van der Waals surface area contributed by atoms with Crippen LogP contribution in [0.1, 0.15) is 12.0 Å². The minimum atomic E-state index is -0.894. The average Bonchev–Trinajstić information content (AvgIpc) is 3.32. The van der Waals surface area contributed by atoms with Gasteiger partial charge in [0.05, 0.1) is 18.9 Å². The molecule has 30 heavy (non-hydrogen) atoms. The van der Waals surface area contributed by atoms with Gasteiger partial charge in [-0.3, -0.25) is 0 Å². The van der Waals surface area contributed by atoms with Gasteiger partial charge < -0.3 is 24.2 Å². The van der Waals surface area contributed by atoms with Gasteiger partial charge in [0.2, 0.25) is 0 Å². The number of rotatable bonds is 4. The summed E-state index contributed by atoms with van der Waals surface area (Å²) in [6.45, 7) is 2.92. The van der Waals surface area contributed by atoms with Gasteiger partial charge in [-0.05, 0) is 31.0 Å². The van der Waals surface area contributed by atoms with Gasteiger partial charge in [-0.15, -0.1) is 0 Å². The molecule has 0 saturated carbocycles. The van der Waals surface area contributed by atoms with Crippen LogP contribution < -0.4 is 9.64 Å². The maximum Gasteiger partial charge on any atom is 0.407 e. The number of anilines is 1. The number of halogens is 1. The molecule has 1 N–H and O–H groups in total. The lowest BCUT2D eigenvalue weighted by Crippen LogP contribution is -2.36. The molecule has 9 nitrogen and oxygen atoms in total. The Morgan fingerprint density at radius 3 is 2.80 bits per heavy atom. The zero-order chi connectivity index (χ0) is 21.6.